The summed E-state index contributed by atoms with van der Waals surface area (Å²) >= 11 is 0. The Morgan fingerprint density at radius 2 is 1.56 bits per heavy atom. The average Bonchev–Trinajstić information content (AvgIpc) is 1.82. The molecular formula is C8H19P. The van der Waals surface area contributed by atoms with E-state index < -0.39 is 0 Å². The van der Waals surface area contributed by atoms with Crippen LogP contribution in [-0.2, 0) is 0 Å². The van der Waals surface area contributed by atoms with E-state index in [1.54, 1.807) is 0 Å². The summed E-state index contributed by atoms with van der Waals surface area (Å²) in [7, 11) is 0.404. The Bertz CT molecular complexity index is 55.6. The van der Waals surface area contributed by atoms with Crippen molar-refractivity contribution in [3.63, 3.8) is 0 Å². The third-order valence-corrected chi connectivity index (χ3v) is 4.55. The van der Waals surface area contributed by atoms with Gasteiger partial charge < -0.3 is 0 Å². The first-order valence-corrected chi connectivity index (χ1v) is 5.82. The van der Waals surface area contributed by atoms with E-state index in [0.29, 0.717) is 7.92 Å². The zero-order chi connectivity index (χ0) is 7.28. The van der Waals surface area contributed by atoms with E-state index in [2.05, 4.69) is 27.7 Å². The molecule has 0 spiro atoms. The lowest BCUT2D eigenvalue weighted by Gasteiger charge is -2.14. The molecule has 0 aromatic heterocycles. The molecule has 0 N–H and O–H groups in total. The fraction of sp³-hybridized carbons (Fsp3) is 1.00. The van der Waals surface area contributed by atoms with Gasteiger partial charge in [0.25, 0.3) is 0 Å². The molecule has 1 heteroatoms. The van der Waals surface area contributed by atoms with Crippen LogP contribution >= 0.6 is 7.92 Å². The first kappa shape index (κ1) is 9.43. The predicted molar refractivity (Wildman–Crippen MR) is 47.7 cm³/mol. The maximum atomic E-state index is 2.32. The van der Waals surface area contributed by atoms with Gasteiger partial charge in [-0.15, -0.1) is 7.92 Å². The third kappa shape index (κ3) is 4.90. The smallest absolute Gasteiger partial charge is 0.0303 e. The van der Waals surface area contributed by atoms with Crippen molar-refractivity contribution in [2.45, 2.75) is 27.7 Å². The zero-order valence-electron chi connectivity index (χ0n) is 7.15. The van der Waals surface area contributed by atoms with Gasteiger partial charge in [-0.3, -0.25) is 0 Å². The highest BCUT2D eigenvalue weighted by Gasteiger charge is 2.03. The molecule has 0 bridgehead atoms. The highest BCUT2D eigenvalue weighted by Crippen LogP contribution is 2.35. The second-order valence-corrected chi connectivity index (χ2v) is 5.85. The largest absolute Gasteiger partial charge is 0.107 e. The third-order valence-electron chi connectivity index (χ3n) is 1.52. The number of hydrogen-bond donors (Lipinski definition) is 0. The van der Waals surface area contributed by atoms with Crippen molar-refractivity contribution in [3.05, 3.63) is 0 Å². The van der Waals surface area contributed by atoms with Gasteiger partial charge in [0, 0.05) is 0 Å². The molecule has 0 nitrogen and oxygen atoms in total. The van der Waals surface area contributed by atoms with Gasteiger partial charge in [-0.2, -0.15) is 0 Å². The maximum Gasteiger partial charge on any atom is -0.0303 e. The highest BCUT2D eigenvalue weighted by molar-refractivity contribution is 7.57. The molecule has 0 fully saturated rings. The molecule has 0 aliphatic rings. The summed E-state index contributed by atoms with van der Waals surface area (Å²) < 4.78 is 0. The molecule has 0 saturated heterocycles. The van der Waals surface area contributed by atoms with Crippen molar-refractivity contribution >= 4 is 7.92 Å². The first-order valence-electron chi connectivity index (χ1n) is 3.93. The monoisotopic (exact) mass is 146 g/mol. The fourth-order valence-corrected chi connectivity index (χ4v) is 2.99. The summed E-state index contributed by atoms with van der Waals surface area (Å²) in [5, 5.41) is 0. The molecular weight excluding hydrogens is 127 g/mol. The van der Waals surface area contributed by atoms with Crippen LogP contribution in [0.15, 0.2) is 0 Å². The van der Waals surface area contributed by atoms with Crippen LogP contribution in [0.2, 0.25) is 0 Å². The molecule has 0 aromatic rings. The van der Waals surface area contributed by atoms with Gasteiger partial charge in [0.2, 0.25) is 0 Å². The van der Waals surface area contributed by atoms with Gasteiger partial charge in [-0.1, -0.05) is 27.7 Å². The lowest BCUT2D eigenvalue weighted by molar-refractivity contribution is 0.743. The van der Waals surface area contributed by atoms with Crippen LogP contribution in [0.3, 0.4) is 0 Å². The molecule has 0 atom stereocenters. The first-order chi connectivity index (χ1) is 4.20. The highest BCUT2D eigenvalue weighted by atomic mass is 31.1. The summed E-state index contributed by atoms with van der Waals surface area (Å²) in [6.07, 6.45) is 4.32. The second-order valence-electron chi connectivity index (χ2n) is 2.88. The lowest BCUT2D eigenvalue weighted by atomic mass is 10.3. The van der Waals surface area contributed by atoms with Crippen LogP contribution in [0, 0.1) is 5.92 Å². The van der Waals surface area contributed by atoms with Crippen molar-refractivity contribution in [3.8, 4) is 0 Å². The molecule has 0 aliphatic carbocycles. The van der Waals surface area contributed by atoms with E-state index >= 15 is 0 Å². The van der Waals surface area contributed by atoms with Crippen LogP contribution in [0.25, 0.3) is 0 Å². The minimum absolute atomic E-state index is 0.404. The second kappa shape index (κ2) is 5.23. The van der Waals surface area contributed by atoms with Gasteiger partial charge in [-0.05, 0) is 24.4 Å². The van der Waals surface area contributed by atoms with Crippen LogP contribution in [0.5, 0.6) is 0 Å². The van der Waals surface area contributed by atoms with Crippen LogP contribution in [0.4, 0.5) is 0 Å². The number of rotatable bonds is 4. The van der Waals surface area contributed by atoms with Crippen LogP contribution < -0.4 is 0 Å². The van der Waals surface area contributed by atoms with Gasteiger partial charge in [0.15, 0.2) is 0 Å². The predicted octanol–water partition coefficient (Wildman–Crippen LogP) is 3.16. The maximum absolute atomic E-state index is 2.32. The Morgan fingerprint density at radius 3 is 1.67 bits per heavy atom. The van der Waals surface area contributed by atoms with E-state index in [1.165, 1.54) is 18.5 Å². The molecule has 0 amide bonds. The Kier molecular flexibility index (Phi) is 5.48. The van der Waals surface area contributed by atoms with Gasteiger partial charge in [0.05, 0.1) is 0 Å². The van der Waals surface area contributed by atoms with Crippen molar-refractivity contribution < 1.29 is 0 Å². The molecule has 0 unspecified atom stereocenters. The minimum atomic E-state index is 0.404. The van der Waals surface area contributed by atoms with Crippen molar-refractivity contribution in [2.24, 2.45) is 5.92 Å². The summed E-state index contributed by atoms with van der Waals surface area (Å²) in [6.45, 7) is 9.27. The van der Waals surface area contributed by atoms with E-state index in [4.69, 9.17) is 0 Å². The Labute approximate surface area is 60.8 Å². The van der Waals surface area contributed by atoms with E-state index in [1.807, 2.05) is 0 Å². The minimum Gasteiger partial charge on any atom is -0.107 e. The Balaban J connectivity index is 3.31. The molecule has 0 aromatic carbocycles. The molecule has 0 rings (SSSR count). The summed E-state index contributed by atoms with van der Waals surface area (Å²) in [5.41, 5.74) is 0. The van der Waals surface area contributed by atoms with Crippen molar-refractivity contribution in [1.29, 1.82) is 0 Å². The van der Waals surface area contributed by atoms with Crippen LogP contribution in [0.1, 0.15) is 27.7 Å². The zero-order valence-corrected chi connectivity index (χ0v) is 8.04. The molecule has 0 heterocycles. The van der Waals surface area contributed by atoms with Crippen molar-refractivity contribution in [2.75, 3.05) is 18.5 Å². The molecule has 9 heavy (non-hydrogen) atoms. The Morgan fingerprint density at radius 1 is 1.11 bits per heavy atom. The SMILES string of the molecule is CCP(CC)CC(C)C. The van der Waals surface area contributed by atoms with Gasteiger partial charge >= 0.3 is 0 Å². The fourth-order valence-electron chi connectivity index (χ4n) is 0.998. The van der Waals surface area contributed by atoms with Gasteiger partial charge in [0.1, 0.15) is 0 Å². The van der Waals surface area contributed by atoms with Crippen LogP contribution in [-0.4, -0.2) is 18.5 Å². The summed E-state index contributed by atoms with van der Waals surface area (Å²) in [5.74, 6) is 0.913. The van der Waals surface area contributed by atoms with E-state index in [-0.39, 0.29) is 0 Å². The van der Waals surface area contributed by atoms with Gasteiger partial charge in [-0.25, -0.2) is 0 Å². The normalized spacial score (nSPS) is 11.3. The number of hydrogen-bond acceptors (Lipinski definition) is 0. The lowest BCUT2D eigenvalue weighted by Crippen LogP contribution is -1.97. The molecule has 56 valence electrons. The quantitative estimate of drug-likeness (QED) is 0.534. The topological polar surface area (TPSA) is 0 Å². The molecule has 0 saturated carbocycles. The molecule has 0 radical (unpaired) electrons. The summed E-state index contributed by atoms with van der Waals surface area (Å²) in [6, 6.07) is 0. The average molecular weight is 146 g/mol. The Hall–Kier alpha value is 0.430. The summed E-state index contributed by atoms with van der Waals surface area (Å²) in [4.78, 5) is 0. The molecule has 0 aliphatic heterocycles. The van der Waals surface area contributed by atoms with E-state index in [0.717, 1.165) is 5.92 Å². The standard InChI is InChI=1S/C8H19P/c1-5-9(6-2)7-8(3)4/h8H,5-7H2,1-4H3. The van der Waals surface area contributed by atoms with Crippen molar-refractivity contribution in [1.82, 2.24) is 0 Å². The van der Waals surface area contributed by atoms with E-state index in [9.17, 15) is 0 Å².